The van der Waals surface area contributed by atoms with E-state index in [-0.39, 0.29) is 45.2 Å². The fraction of sp³-hybridized carbons (Fsp3) is 0.316. The number of pyridine rings is 2. The second kappa shape index (κ2) is 26.2. The molecule has 0 fully saturated rings. The SMILES string of the molecule is CCOc1cc(/C=C/c2ccncc2)cc(OCC)c1OCC.CCOc1cc(/C=C/c2ccncc2)cc(OCC)c1OCC.[Cl-].[Cl-].[Pd]. The Morgan fingerprint density at radius 3 is 0.898 bits per heavy atom. The van der Waals surface area contributed by atoms with E-state index in [0.29, 0.717) is 74.1 Å². The molecule has 4 rings (SSSR count). The molecular weight excluding hydrogens is 758 g/mol. The number of hydrogen-bond donors (Lipinski definition) is 0. The van der Waals surface area contributed by atoms with Crippen LogP contribution in [-0.4, -0.2) is 49.6 Å². The molecule has 270 valence electrons. The van der Waals surface area contributed by atoms with Gasteiger partial charge in [-0.15, -0.1) is 0 Å². The molecule has 4 aromatic rings. The van der Waals surface area contributed by atoms with Crippen molar-refractivity contribution >= 4 is 24.3 Å². The molecule has 0 atom stereocenters. The fourth-order valence-corrected chi connectivity index (χ4v) is 4.34. The molecule has 0 aliphatic heterocycles. The number of nitrogens with zero attached hydrogens (tertiary/aromatic N) is 2. The Labute approximate surface area is 317 Å². The van der Waals surface area contributed by atoms with Gasteiger partial charge in [0.25, 0.3) is 0 Å². The molecule has 49 heavy (non-hydrogen) atoms. The Morgan fingerprint density at radius 1 is 0.408 bits per heavy atom. The van der Waals surface area contributed by atoms with Gasteiger partial charge in [0, 0.05) is 45.2 Å². The third-order valence-corrected chi connectivity index (χ3v) is 6.21. The predicted octanol–water partition coefficient (Wildman–Crippen LogP) is 2.90. The summed E-state index contributed by atoms with van der Waals surface area (Å²) in [5.74, 6) is 4.14. The van der Waals surface area contributed by atoms with Crippen LogP contribution in [0.2, 0.25) is 0 Å². The fourth-order valence-electron chi connectivity index (χ4n) is 4.34. The molecule has 0 saturated heterocycles. The number of benzene rings is 2. The first-order valence-electron chi connectivity index (χ1n) is 15.9. The molecule has 0 radical (unpaired) electrons. The van der Waals surface area contributed by atoms with Crippen molar-refractivity contribution in [2.45, 2.75) is 41.5 Å². The van der Waals surface area contributed by atoms with Crippen molar-refractivity contribution in [2.24, 2.45) is 0 Å². The Hall–Kier alpha value is -3.74. The van der Waals surface area contributed by atoms with E-state index in [2.05, 4.69) is 9.97 Å². The van der Waals surface area contributed by atoms with Crippen molar-refractivity contribution in [1.29, 1.82) is 0 Å². The Bertz CT molecular complexity index is 1360. The minimum absolute atomic E-state index is 0. The minimum Gasteiger partial charge on any atom is -1.00 e. The van der Waals surface area contributed by atoms with Gasteiger partial charge in [-0.2, -0.15) is 0 Å². The molecule has 0 N–H and O–H groups in total. The van der Waals surface area contributed by atoms with Gasteiger partial charge in [-0.3, -0.25) is 9.97 Å². The van der Waals surface area contributed by atoms with Gasteiger partial charge < -0.3 is 53.2 Å². The van der Waals surface area contributed by atoms with Crippen LogP contribution in [0.4, 0.5) is 0 Å². The Morgan fingerprint density at radius 2 is 0.653 bits per heavy atom. The maximum Gasteiger partial charge on any atom is 0.203 e. The van der Waals surface area contributed by atoms with Crippen LogP contribution in [0.5, 0.6) is 34.5 Å². The molecule has 11 heteroatoms. The molecule has 0 saturated carbocycles. The Kier molecular flexibility index (Phi) is 24.2. The summed E-state index contributed by atoms with van der Waals surface area (Å²) >= 11 is 0. The number of ether oxygens (including phenoxy) is 6. The minimum atomic E-state index is 0. The maximum absolute atomic E-state index is 5.72. The van der Waals surface area contributed by atoms with E-state index >= 15 is 0 Å². The van der Waals surface area contributed by atoms with Crippen molar-refractivity contribution in [3.8, 4) is 34.5 Å². The molecule has 2 aromatic carbocycles. The van der Waals surface area contributed by atoms with Gasteiger partial charge in [0.15, 0.2) is 23.0 Å². The summed E-state index contributed by atoms with van der Waals surface area (Å²) in [6.45, 7) is 15.1. The van der Waals surface area contributed by atoms with E-state index in [4.69, 9.17) is 28.4 Å². The molecule has 2 aromatic heterocycles. The summed E-state index contributed by atoms with van der Waals surface area (Å²) in [5.41, 5.74) is 4.17. The number of hydrogen-bond acceptors (Lipinski definition) is 8. The van der Waals surface area contributed by atoms with Crippen LogP contribution in [0, 0.1) is 0 Å². The van der Waals surface area contributed by atoms with Crippen molar-refractivity contribution in [1.82, 2.24) is 9.97 Å². The molecule has 2 heterocycles. The van der Waals surface area contributed by atoms with E-state index in [1.165, 1.54) is 0 Å². The van der Waals surface area contributed by atoms with Gasteiger partial charge in [-0.1, -0.05) is 24.3 Å². The maximum atomic E-state index is 5.72. The van der Waals surface area contributed by atoms with Crippen molar-refractivity contribution in [3.63, 3.8) is 0 Å². The van der Waals surface area contributed by atoms with Crippen LogP contribution in [0.15, 0.2) is 73.3 Å². The number of halogens is 2. The van der Waals surface area contributed by atoms with Crippen molar-refractivity contribution < 1.29 is 73.7 Å². The molecule has 0 aliphatic rings. The Balaban J connectivity index is 0.000000886. The standard InChI is InChI=1S/2C19H23NO3.2ClH.Pd/c2*1-4-21-17-13-16(8-7-15-9-11-20-12-10-15)14-18(22-5-2)19(17)23-6-3;;;/h2*7-14H,4-6H2,1-3H3;2*1H;/p-2/b2*8-7+;;;. The van der Waals surface area contributed by atoms with Gasteiger partial charge in [0.1, 0.15) is 0 Å². The first-order valence-corrected chi connectivity index (χ1v) is 15.9. The molecule has 8 nitrogen and oxygen atoms in total. The second-order valence-corrected chi connectivity index (χ2v) is 9.52. The molecule has 0 aliphatic carbocycles. The average Bonchev–Trinajstić information content (AvgIpc) is 3.07. The van der Waals surface area contributed by atoms with Crippen LogP contribution < -0.4 is 53.2 Å². The van der Waals surface area contributed by atoms with Crippen LogP contribution >= 0.6 is 0 Å². The summed E-state index contributed by atoms with van der Waals surface area (Å²) in [6.07, 6.45) is 15.2. The smallest absolute Gasteiger partial charge is 0.203 e. The van der Waals surface area contributed by atoms with E-state index in [9.17, 15) is 0 Å². The van der Waals surface area contributed by atoms with Gasteiger partial charge >= 0.3 is 0 Å². The van der Waals surface area contributed by atoms with Gasteiger partial charge in [0.2, 0.25) is 11.5 Å². The quantitative estimate of drug-likeness (QED) is 0.160. The van der Waals surface area contributed by atoms with Gasteiger partial charge in [-0.05, 0) is 112 Å². The largest absolute Gasteiger partial charge is 1.00 e. The summed E-state index contributed by atoms with van der Waals surface area (Å²) in [6, 6.07) is 15.7. The third-order valence-electron chi connectivity index (χ3n) is 6.21. The summed E-state index contributed by atoms with van der Waals surface area (Å²) < 4.78 is 34.3. The van der Waals surface area contributed by atoms with E-state index in [1.54, 1.807) is 24.8 Å². The third kappa shape index (κ3) is 15.1. The van der Waals surface area contributed by atoms with Crippen molar-refractivity contribution in [2.75, 3.05) is 39.6 Å². The normalized spacial score (nSPS) is 10.1. The molecule has 0 bridgehead atoms. The zero-order valence-corrected chi connectivity index (χ0v) is 32.0. The molecule has 0 spiro atoms. The van der Waals surface area contributed by atoms with Crippen LogP contribution in [0.25, 0.3) is 24.3 Å². The first kappa shape index (κ1) is 45.3. The zero-order valence-electron chi connectivity index (χ0n) is 28.9. The summed E-state index contributed by atoms with van der Waals surface area (Å²) in [7, 11) is 0. The molecular formula is C38H46Cl2N2O6Pd-2. The van der Waals surface area contributed by atoms with Crippen LogP contribution in [0.1, 0.15) is 63.8 Å². The van der Waals surface area contributed by atoms with E-state index in [1.807, 2.05) is 114 Å². The van der Waals surface area contributed by atoms with Crippen LogP contribution in [-0.2, 0) is 20.4 Å². The summed E-state index contributed by atoms with van der Waals surface area (Å²) in [5, 5.41) is 0. The van der Waals surface area contributed by atoms with Crippen molar-refractivity contribution in [3.05, 3.63) is 95.6 Å². The molecule has 0 unspecified atom stereocenters. The monoisotopic (exact) mass is 802 g/mol. The average molecular weight is 804 g/mol. The topological polar surface area (TPSA) is 81.2 Å². The van der Waals surface area contributed by atoms with Gasteiger partial charge in [0.05, 0.1) is 39.6 Å². The zero-order chi connectivity index (χ0) is 33.0. The number of rotatable bonds is 16. The van der Waals surface area contributed by atoms with Gasteiger partial charge in [-0.25, -0.2) is 0 Å². The summed E-state index contributed by atoms with van der Waals surface area (Å²) in [4.78, 5) is 8.04. The van der Waals surface area contributed by atoms with E-state index in [0.717, 1.165) is 22.3 Å². The van der Waals surface area contributed by atoms with Crippen LogP contribution in [0.3, 0.4) is 0 Å². The number of aromatic nitrogens is 2. The molecule has 0 amide bonds. The second-order valence-electron chi connectivity index (χ2n) is 9.52. The first-order chi connectivity index (χ1) is 22.6. The van der Waals surface area contributed by atoms with E-state index < -0.39 is 0 Å². The predicted molar refractivity (Wildman–Crippen MR) is 186 cm³/mol.